The zero-order chi connectivity index (χ0) is 18.0. The second-order valence-electron chi connectivity index (χ2n) is 6.21. The van der Waals surface area contributed by atoms with Gasteiger partial charge in [-0.15, -0.1) is 0 Å². The van der Waals surface area contributed by atoms with E-state index in [-0.39, 0.29) is 5.91 Å². The van der Waals surface area contributed by atoms with Crippen molar-refractivity contribution in [1.82, 2.24) is 0 Å². The van der Waals surface area contributed by atoms with Gasteiger partial charge in [0, 0.05) is 24.3 Å². The van der Waals surface area contributed by atoms with Crippen LogP contribution in [-0.2, 0) is 4.79 Å². The Morgan fingerprint density at radius 2 is 1.96 bits per heavy atom. The molecule has 1 amide bonds. The summed E-state index contributed by atoms with van der Waals surface area (Å²) < 4.78 is 14.1. The van der Waals surface area contributed by atoms with E-state index in [4.69, 9.17) is 12.2 Å². The molecule has 1 aliphatic rings. The summed E-state index contributed by atoms with van der Waals surface area (Å²) >= 11 is 5.35. The van der Waals surface area contributed by atoms with Crippen LogP contribution in [0.15, 0.2) is 36.4 Å². The molecule has 0 spiro atoms. The van der Waals surface area contributed by atoms with Gasteiger partial charge in [0.1, 0.15) is 5.82 Å². The molecule has 0 aliphatic carbocycles. The largest absolute Gasteiger partial charge is 0.332 e. The second kappa shape index (κ2) is 7.19. The van der Waals surface area contributed by atoms with Crippen LogP contribution in [0, 0.1) is 19.7 Å². The van der Waals surface area contributed by atoms with Crippen LogP contribution in [0.2, 0.25) is 0 Å². The van der Waals surface area contributed by atoms with Crippen molar-refractivity contribution in [3.8, 4) is 0 Å². The van der Waals surface area contributed by atoms with Crippen molar-refractivity contribution in [1.29, 1.82) is 0 Å². The summed E-state index contributed by atoms with van der Waals surface area (Å²) in [6, 6.07) is 10.6. The standard InChI is InChI=1S/C19H20FN3OS/c1-12-5-8-16(13(2)10-12)22-19(25)21-14-6-7-15(20)17(11-14)23-9-3-4-18(23)24/h5-8,10-11H,3-4,9H2,1-2H3,(H2,21,22,25). The predicted octanol–water partition coefficient (Wildman–Crippen LogP) is 4.38. The predicted molar refractivity (Wildman–Crippen MR) is 104 cm³/mol. The van der Waals surface area contributed by atoms with Crippen molar-refractivity contribution in [2.75, 3.05) is 22.1 Å². The number of rotatable bonds is 3. The highest BCUT2D eigenvalue weighted by atomic mass is 32.1. The Morgan fingerprint density at radius 3 is 2.64 bits per heavy atom. The van der Waals surface area contributed by atoms with Gasteiger partial charge in [-0.3, -0.25) is 4.79 Å². The van der Waals surface area contributed by atoms with Crippen LogP contribution in [0.4, 0.5) is 21.5 Å². The van der Waals surface area contributed by atoms with Crippen LogP contribution in [-0.4, -0.2) is 17.6 Å². The van der Waals surface area contributed by atoms with Crippen LogP contribution < -0.4 is 15.5 Å². The molecule has 2 aromatic rings. The lowest BCUT2D eigenvalue weighted by Crippen LogP contribution is -2.25. The first-order valence-corrected chi connectivity index (χ1v) is 8.60. The van der Waals surface area contributed by atoms with Gasteiger partial charge >= 0.3 is 0 Å². The first-order chi connectivity index (χ1) is 11.9. The number of carbonyl (C=O) groups is 1. The molecule has 2 aromatic carbocycles. The van der Waals surface area contributed by atoms with Crippen molar-refractivity contribution < 1.29 is 9.18 Å². The van der Waals surface area contributed by atoms with Crippen molar-refractivity contribution in [3.05, 3.63) is 53.3 Å². The van der Waals surface area contributed by atoms with Crippen molar-refractivity contribution >= 4 is 40.3 Å². The van der Waals surface area contributed by atoms with E-state index in [1.54, 1.807) is 12.1 Å². The number of nitrogens with one attached hydrogen (secondary N) is 2. The molecule has 0 radical (unpaired) electrons. The van der Waals surface area contributed by atoms with E-state index in [9.17, 15) is 9.18 Å². The highest BCUT2D eigenvalue weighted by molar-refractivity contribution is 7.80. The number of amides is 1. The molecule has 2 N–H and O–H groups in total. The molecular formula is C19H20FN3OS. The molecule has 1 fully saturated rings. The molecule has 0 atom stereocenters. The molecule has 6 heteroatoms. The summed E-state index contributed by atoms with van der Waals surface area (Å²) in [6.07, 6.45) is 1.21. The highest BCUT2D eigenvalue weighted by Crippen LogP contribution is 2.27. The Kier molecular flexibility index (Phi) is 4.99. The average molecular weight is 357 g/mol. The first-order valence-electron chi connectivity index (χ1n) is 8.19. The maximum Gasteiger partial charge on any atom is 0.227 e. The minimum Gasteiger partial charge on any atom is -0.332 e. The lowest BCUT2D eigenvalue weighted by molar-refractivity contribution is -0.117. The Bertz CT molecular complexity index is 837. The van der Waals surface area contributed by atoms with Crippen molar-refractivity contribution in [2.45, 2.75) is 26.7 Å². The van der Waals surface area contributed by atoms with Gasteiger partial charge in [0.15, 0.2) is 5.11 Å². The number of halogens is 1. The molecule has 1 saturated heterocycles. The fourth-order valence-electron chi connectivity index (χ4n) is 2.94. The Hall–Kier alpha value is -2.47. The lowest BCUT2D eigenvalue weighted by atomic mass is 10.1. The molecule has 0 bridgehead atoms. The number of anilines is 3. The molecule has 1 heterocycles. The zero-order valence-electron chi connectivity index (χ0n) is 14.2. The summed E-state index contributed by atoms with van der Waals surface area (Å²) in [6.45, 7) is 4.59. The van der Waals surface area contributed by atoms with E-state index >= 15 is 0 Å². The van der Waals surface area contributed by atoms with Gasteiger partial charge in [-0.25, -0.2) is 4.39 Å². The van der Waals surface area contributed by atoms with Crippen LogP contribution >= 0.6 is 12.2 Å². The highest BCUT2D eigenvalue weighted by Gasteiger charge is 2.24. The molecule has 1 aliphatic heterocycles. The van der Waals surface area contributed by atoms with Gasteiger partial charge in [-0.2, -0.15) is 0 Å². The van der Waals surface area contributed by atoms with E-state index in [1.807, 2.05) is 26.0 Å². The number of aryl methyl sites for hydroxylation is 2. The maximum absolute atomic E-state index is 14.1. The number of nitrogens with zero attached hydrogens (tertiary/aromatic N) is 1. The molecule has 0 unspecified atom stereocenters. The number of benzene rings is 2. The summed E-state index contributed by atoms with van der Waals surface area (Å²) in [5.74, 6) is -0.457. The lowest BCUT2D eigenvalue weighted by Gasteiger charge is -2.18. The van der Waals surface area contributed by atoms with E-state index < -0.39 is 5.82 Å². The number of hydrogen-bond donors (Lipinski definition) is 2. The SMILES string of the molecule is Cc1ccc(NC(=S)Nc2ccc(F)c(N3CCCC3=O)c2)c(C)c1. The fraction of sp³-hybridized carbons (Fsp3) is 0.263. The summed E-state index contributed by atoms with van der Waals surface area (Å²) in [5.41, 5.74) is 4.12. The van der Waals surface area contributed by atoms with E-state index in [1.165, 1.54) is 16.5 Å². The van der Waals surface area contributed by atoms with Gasteiger partial charge in [0.25, 0.3) is 0 Å². The average Bonchev–Trinajstić information content (AvgIpc) is 2.98. The van der Waals surface area contributed by atoms with Crippen LogP contribution in [0.25, 0.3) is 0 Å². The topological polar surface area (TPSA) is 44.4 Å². The van der Waals surface area contributed by atoms with E-state index in [2.05, 4.69) is 16.7 Å². The molecule has 4 nitrogen and oxygen atoms in total. The minimum absolute atomic E-state index is 0.0490. The van der Waals surface area contributed by atoms with Gasteiger partial charge in [0.05, 0.1) is 5.69 Å². The van der Waals surface area contributed by atoms with Crippen molar-refractivity contribution in [2.24, 2.45) is 0 Å². The third-order valence-electron chi connectivity index (χ3n) is 4.20. The molecular weight excluding hydrogens is 337 g/mol. The van der Waals surface area contributed by atoms with E-state index in [0.717, 1.165) is 17.7 Å². The number of carbonyl (C=O) groups excluding carboxylic acids is 1. The van der Waals surface area contributed by atoms with Crippen LogP contribution in [0.5, 0.6) is 0 Å². The second-order valence-corrected chi connectivity index (χ2v) is 6.62. The molecule has 0 aromatic heterocycles. The van der Waals surface area contributed by atoms with Gasteiger partial charge in [0.2, 0.25) is 5.91 Å². The summed E-state index contributed by atoms with van der Waals surface area (Å²) in [4.78, 5) is 13.4. The number of thiocarbonyl (C=S) groups is 1. The van der Waals surface area contributed by atoms with Gasteiger partial charge in [-0.1, -0.05) is 17.7 Å². The van der Waals surface area contributed by atoms with Crippen LogP contribution in [0.3, 0.4) is 0 Å². The third-order valence-corrected chi connectivity index (χ3v) is 4.40. The smallest absolute Gasteiger partial charge is 0.227 e. The quantitative estimate of drug-likeness (QED) is 0.800. The van der Waals surface area contributed by atoms with Crippen molar-refractivity contribution in [3.63, 3.8) is 0 Å². The fourth-order valence-corrected chi connectivity index (χ4v) is 3.17. The third kappa shape index (κ3) is 3.96. The van der Waals surface area contributed by atoms with E-state index in [0.29, 0.717) is 29.5 Å². The first kappa shape index (κ1) is 17.4. The Labute approximate surface area is 152 Å². The summed E-state index contributed by atoms with van der Waals surface area (Å²) in [5, 5.41) is 6.61. The van der Waals surface area contributed by atoms with Crippen LogP contribution in [0.1, 0.15) is 24.0 Å². The normalized spacial score (nSPS) is 13.9. The molecule has 3 rings (SSSR count). The molecule has 25 heavy (non-hydrogen) atoms. The molecule has 130 valence electrons. The maximum atomic E-state index is 14.1. The monoisotopic (exact) mass is 357 g/mol. The number of hydrogen-bond acceptors (Lipinski definition) is 2. The Morgan fingerprint density at radius 1 is 1.16 bits per heavy atom. The van der Waals surface area contributed by atoms with Gasteiger partial charge < -0.3 is 15.5 Å². The summed E-state index contributed by atoms with van der Waals surface area (Å²) in [7, 11) is 0. The Balaban J connectivity index is 1.74. The minimum atomic E-state index is -0.408. The molecule has 0 saturated carbocycles. The zero-order valence-corrected chi connectivity index (χ0v) is 15.0. The van der Waals surface area contributed by atoms with Gasteiger partial charge in [-0.05, 0) is 62.3 Å².